The first-order valence-corrected chi connectivity index (χ1v) is 6.13. The Morgan fingerprint density at radius 3 is 2.79 bits per heavy atom. The van der Waals surface area contributed by atoms with E-state index in [1.807, 2.05) is 25.1 Å². The fourth-order valence-corrected chi connectivity index (χ4v) is 2.23. The van der Waals surface area contributed by atoms with Crippen molar-refractivity contribution in [1.29, 1.82) is 0 Å². The quantitative estimate of drug-likeness (QED) is 0.792. The van der Waals surface area contributed by atoms with E-state index in [-0.39, 0.29) is 0 Å². The Labute approximate surface area is 111 Å². The number of fused-ring (bicyclic) bond motifs is 1. The lowest BCUT2D eigenvalue weighted by molar-refractivity contribution is -0.149. The third-order valence-corrected chi connectivity index (χ3v) is 3.38. The second-order valence-electron chi connectivity index (χ2n) is 4.62. The third kappa shape index (κ3) is 1.89. The summed E-state index contributed by atoms with van der Waals surface area (Å²) in [5, 5.41) is 4.90. The molecule has 98 valence electrons. The first-order valence-electron chi connectivity index (χ1n) is 6.13. The highest BCUT2D eigenvalue weighted by Gasteiger charge is 2.33. The predicted molar refractivity (Wildman–Crippen MR) is 72.5 cm³/mol. The first-order chi connectivity index (χ1) is 9.14. The van der Waals surface area contributed by atoms with Crippen LogP contribution >= 0.6 is 0 Å². The van der Waals surface area contributed by atoms with Crippen LogP contribution in [0.25, 0.3) is 16.5 Å². The molecule has 0 radical (unpaired) electrons. The molecule has 19 heavy (non-hydrogen) atoms. The molecule has 0 amide bonds. The second-order valence-corrected chi connectivity index (χ2v) is 4.62. The van der Waals surface area contributed by atoms with Crippen molar-refractivity contribution in [3.63, 3.8) is 0 Å². The van der Waals surface area contributed by atoms with Gasteiger partial charge in [0, 0.05) is 11.1 Å². The molecule has 0 spiro atoms. The Bertz CT molecular complexity index is 650. The highest BCUT2D eigenvalue weighted by molar-refractivity contribution is 5.91. The zero-order valence-corrected chi connectivity index (χ0v) is 10.8. The normalized spacial score (nSPS) is 17.7. The summed E-state index contributed by atoms with van der Waals surface area (Å²) in [6.45, 7) is 10.7. The van der Waals surface area contributed by atoms with E-state index in [1.54, 1.807) is 6.08 Å². The number of rotatable bonds is 3. The number of hydrogen-bond acceptors (Lipinski definition) is 4. The Morgan fingerprint density at radius 1 is 1.37 bits per heavy atom. The zero-order valence-electron chi connectivity index (χ0n) is 10.8. The van der Waals surface area contributed by atoms with Gasteiger partial charge in [-0.25, -0.2) is 0 Å². The van der Waals surface area contributed by atoms with Crippen molar-refractivity contribution in [2.45, 2.75) is 12.7 Å². The smallest absolute Gasteiger partial charge is 0.192 e. The van der Waals surface area contributed by atoms with Crippen molar-refractivity contribution >= 4 is 16.5 Å². The summed E-state index contributed by atoms with van der Waals surface area (Å²) in [5.41, 5.74) is 2.43. The maximum absolute atomic E-state index is 5.66. The van der Waals surface area contributed by atoms with Crippen molar-refractivity contribution in [1.82, 2.24) is 5.16 Å². The standard InChI is InChI=1S/C15H15NO3/c1-4-10(2)14-12-9-11(5-6-13(12)16-19-14)15(3)17-7-8-18-15/h4-6,9H,1-2,7-8H2,3H3. The van der Waals surface area contributed by atoms with Crippen LogP contribution in [0.15, 0.2) is 42.0 Å². The molecule has 4 heteroatoms. The molecular formula is C15H15NO3. The van der Waals surface area contributed by atoms with E-state index in [0.29, 0.717) is 24.5 Å². The highest BCUT2D eigenvalue weighted by Crippen LogP contribution is 2.34. The molecule has 1 aliphatic heterocycles. The molecule has 0 bridgehead atoms. The van der Waals surface area contributed by atoms with Crippen LogP contribution in [0.5, 0.6) is 0 Å². The summed E-state index contributed by atoms with van der Waals surface area (Å²) in [4.78, 5) is 0. The maximum Gasteiger partial charge on any atom is 0.192 e. The van der Waals surface area contributed by atoms with Gasteiger partial charge in [-0.2, -0.15) is 0 Å². The first kappa shape index (κ1) is 12.1. The van der Waals surface area contributed by atoms with Crippen molar-refractivity contribution in [3.8, 4) is 0 Å². The van der Waals surface area contributed by atoms with Crippen molar-refractivity contribution in [2.24, 2.45) is 0 Å². The summed E-state index contributed by atoms with van der Waals surface area (Å²) in [6, 6.07) is 5.81. The van der Waals surface area contributed by atoms with Gasteiger partial charge in [-0.15, -0.1) is 0 Å². The molecule has 1 aromatic carbocycles. The van der Waals surface area contributed by atoms with E-state index < -0.39 is 5.79 Å². The Balaban J connectivity index is 2.13. The highest BCUT2D eigenvalue weighted by atomic mass is 16.7. The van der Waals surface area contributed by atoms with Gasteiger partial charge in [-0.1, -0.05) is 30.5 Å². The minimum Gasteiger partial charge on any atom is -0.355 e. The number of hydrogen-bond donors (Lipinski definition) is 0. The van der Waals surface area contributed by atoms with Crippen LogP contribution in [0.2, 0.25) is 0 Å². The maximum atomic E-state index is 5.66. The van der Waals surface area contributed by atoms with E-state index >= 15 is 0 Å². The molecule has 1 aromatic heterocycles. The van der Waals surface area contributed by atoms with Crippen molar-refractivity contribution < 1.29 is 14.0 Å². The molecule has 0 unspecified atom stereocenters. The van der Waals surface area contributed by atoms with E-state index in [0.717, 1.165) is 16.5 Å². The zero-order chi connectivity index (χ0) is 13.5. The fourth-order valence-electron chi connectivity index (χ4n) is 2.23. The summed E-state index contributed by atoms with van der Waals surface area (Å²) in [5.74, 6) is -0.0634. The van der Waals surface area contributed by atoms with Crippen molar-refractivity contribution in [3.05, 3.63) is 48.8 Å². The van der Waals surface area contributed by atoms with Crippen LogP contribution in [0.1, 0.15) is 18.2 Å². The lowest BCUT2D eigenvalue weighted by Gasteiger charge is -2.22. The van der Waals surface area contributed by atoms with Gasteiger partial charge < -0.3 is 14.0 Å². The van der Waals surface area contributed by atoms with Gasteiger partial charge in [0.1, 0.15) is 5.52 Å². The number of allylic oxidation sites excluding steroid dienone is 2. The largest absolute Gasteiger partial charge is 0.355 e. The monoisotopic (exact) mass is 257 g/mol. The minimum atomic E-state index is -0.696. The van der Waals surface area contributed by atoms with Gasteiger partial charge in [0.2, 0.25) is 0 Å². The third-order valence-electron chi connectivity index (χ3n) is 3.38. The van der Waals surface area contributed by atoms with E-state index in [2.05, 4.69) is 18.3 Å². The molecule has 0 aliphatic carbocycles. The minimum absolute atomic E-state index is 0.602. The molecule has 0 N–H and O–H groups in total. The molecule has 4 nitrogen and oxygen atoms in total. The van der Waals surface area contributed by atoms with E-state index in [9.17, 15) is 0 Å². The molecule has 2 aromatic rings. The van der Waals surface area contributed by atoms with Crippen LogP contribution in [0.3, 0.4) is 0 Å². The van der Waals surface area contributed by atoms with Crippen molar-refractivity contribution in [2.75, 3.05) is 13.2 Å². The molecule has 2 heterocycles. The van der Waals surface area contributed by atoms with Crippen LogP contribution in [0.4, 0.5) is 0 Å². The van der Waals surface area contributed by atoms with Gasteiger partial charge in [0.25, 0.3) is 0 Å². The van der Waals surface area contributed by atoms with Crippen LogP contribution < -0.4 is 0 Å². The average molecular weight is 257 g/mol. The molecule has 0 atom stereocenters. The Morgan fingerprint density at radius 2 is 2.11 bits per heavy atom. The molecule has 1 aliphatic rings. The van der Waals surface area contributed by atoms with E-state index in [4.69, 9.17) is 14.0 Å². The summed E-state index contributed by atoms with van der Waals surface area (Å²) in [6.07, 6.45) is 1.65. The average Bonchev–Trinajstić information content (AvgIpc) is 3.04. The Hall–Kier alpha value is -1.91. The summed E-state index contributed by atoms with van der Waals surface area (Å²) in [7, 11) is 0. The number of ether oxygens (including phenoxy) is 2. The van der Waals surface area contributed by atoms with Gasteiger partial charge >= 0.3 is 0 Å². The van der Waals surface area contributed by atoms with Crippen LogP contribution in [-0.2, 0) is 15.3 Å². The summed E-state index contributed by atoms with van der Waals surface area (Å²) < 4.78 is 16.6. The number of aromatic nitrogens is 1. The van der Waals surface area contributed by atoms with Gasteiger partial charge in [-0.05, 0) is 19.1 Å². The Kier molecular flexibility index (Phi) is 2.77. The SMILES string of the molecule is C=CC(=C)c1onc2ccc(C3(C)OCCO3)cc12. The van der Waals surface area contributed by atoms with Gasteiger partial charge in [0.15, 0.2) is 11.5 Å². The topological polar surface area (TPSA) is 44.5 Å². The lowest BCUT2D eigenvalue weighted by atomic mass is 10.0. The molecule has 3 rings (SSSR count). The van der Waals surface area contributed by atoms with Crippen LogP contribution in [0, 0.1) is 0 Å². The molecular weight excluding hydrogens is 242 g/mol. The number of nitrogens with zero attached hydrogens (tertiary/aromatic N) is 1. The summed E-state index contributed by atoms with van der Waals surface area (Å²) >= 11 is 0. The van der Waals surface area contributed by atoms with E-state index in [1.165, 1.54) is 0 Å². The van der Waals surface area contributed by atoms with Gasteiger partial charge in [0.05, 0.1) is 18.6 Å². The molecule has 0 saturated carbocycles. The fraction of sp³-hybridized carbons (Fsp3) is 0.267. The van der Waals surface area contributed by atoms with Gasteiger partial charge in [-0.3, -0.25) is 0 Å². The molecule has 1 saturated heterocycles. The second kappa shape index (κ2) is 4.33. The predicted octanol–water partition coefficient (Wildman–Crippen LogP) is 3.25. The number of benzene rings is 1. The van der Waals surface area contributed by atoms with Crippen LogP contribution in [-0.4, -0.2) is 18.4 Å². The lowest BCUT2D eigenvalue weighted by Crippen LogP contribution is -2.22. The molecule has 1 fully saturated rings.